The van der Waals surface area contributed by atoms with Crippen molar-refractivity contribution in [3.8, 4) is 0 Å². The Morgan fingerprint density at radius 3 is 2.52 bits per heavy atom. The molecular formula is C20H30N6O3. The van der Waals surface area contributed by atoms with Gasteiger partial charge < -0.3 is 9.64 Å². The number of anilines is 1. The van der Waals surface area contributed by atoms with Crippen LogP contribution in [0.4, 0.5) is 5.69 Å². The minimum Gasteiger partial charge on any atom is -0.378 e. The number of carbonyl (C=O) groups is 1. The average molecular weight is 402 g/mol. The molecule has 1 aliphatic heterocycles. The molecule has 0 bridgehead atoms. The van der Waals surface area contributed by atoms with E-state index in [0.717, 1.165) is 18.7 Å². The second kappa shape index (κ2) is 9.80. The predicted octanol–water partition coefficient (Wildman–Crippen LogP) is 0.992. The summed E-state index contributed by atoms with van der Waals surface area (Å²) in [6.45, 7) is 6.94. The molecule has 0 spiro atoms. The van der Waals surface area contributed by atoms with Crippen LogP contribution in [0.3, 0.4) is 0 Å². The number of hydrogen-bond acceptors (Lipinski definition) is 6. The second-order valence-corrected chi connectivity index (χ2v) is 7.18. The van der Waals surface area contributed by atoms with Gasteiger partial charge >= 0.3 is 5.69 Å². The van der Waals surface area contributed by atoms with E-state index in [1.165, 1.54) is 9.36 Å². The lowest BCUT2D eigenvalue weighted by Gasteiger charge is -2.43. The Bertz CT molecular complexity index is 849. The zero-order valence-electron chi connectivity index (χ0n) is 17.4. The van der Waals surface area contributed by atoms with Crippen LogP contribution < -0.4 is 10.6 Å². The summed E-state index contributed by atoms with van der Waals surface area (Å²) in [5, 5.41) is 7.79. The molecule has 158 valence electrons. The van der Waals surface area contributed by atoms with Gasteiger partial charge in [-0.1, -0.05) is 25.1 Å². The third-order valence-electron chi connectivity index (χ3n) is 5.47. The van der Waals surface area contributed by atoms with Crippen molar-refractivity contribution >= 4 is 11.6 Å². The zero-order chi connectivity index (χ0) is 20.8. The van der Waals surface area contributed by atoms with Gasteiger partial charge in [0.15, 0.2) is 0 Å². The van der Waals surface area contributed by atoms with Crippen LogP contribution >= 0.6 is 0 Å². The fourth-order valence-corrected chi connectivity index (χ4v) is 3.86. The number of amides is 1. The van der Waals surface area contributed by atoms with E-state index in [2.05, 4.69) is 15.3 Å². The van der Waals surface area contributed by atoms with Gasteiger partial charge in [0, 0.05) is 45.4 Å². The smallest absolute Gasteiger partial charge is 0.363 e. The fraction of sp³-hybridized carbons (Fsp3) is 0.600. The standard InChI is InChI=1S/C20H30N6O3/c1-4-19(27)26(16-9-7-6-8-10-16)17-11-12-23(15-18(17)29-3)13-14-25-20(28)24(5-2)21-22-25/h6-10,17-18H,4-5,11-15H2,1-3H3/t17-,18+/m0/s1. The van der Waals surface area contributed by atoms with Gasteiger partial charge in [0.2, 0.25) is 5.91 Å². The van der Waals surface area contributed by atoms with Gasteiger partial charge in [-0.2, -0.15) is 9.36 Å². The number of aryl methyl sites for hydroxylation is 1. The van der Waals surface area contributed by atoms with Gasteiger partial charge in [-0.25, -0.2) is 4.79 Å². The summed E-state index contributed by atoms with van der Waals surface area (Å²) in [4.78, 5) is 29.0. The summed E-state index contributed by atoms with van der Waals surface area (Å²) >= 11 is 0. The summed E-state index contributed by atoms with van der Waals surface area (Å²) in [7, 11) is 1.69. The Morgan fingerprint density at radius 2 is 1.90 bits per heavy atom. The van der Waals surface area contributed by atoms with E-state index in [0.29, 0.717) is 32.6 Å². The number of benzene rings is 1. The molecule has 9 heteroatoms. The van der Waals surface area contributed by atoms with E-state index in [1.807, 2.05) is 49.1 Å². The molecule has 0 N–H and O–H groups in total. The Hall–Kier alpha value is -2.52. The summed E-state index contributed by atoms with van der Waals surface area (Å²) in [6.07, 6.45) is 1.14. The van der Waals surface area contributed by atoms with E-state index >= 15 is 0 Å². The molecule has 0 saturated carbocycles. The van der Waals surface area contributed by atoms with Crippen molar-refractivity contribution in [2.24, 2.45) is 0 Å². The highest BCUT2D eigenvalue weighted by atomic mass is 16.5. The van der Waals surface area contributed by atoms with Crippen molar-refractivity contribution in [1.82, 2.24) is 24.7 Å². The SMILES string of the molecule is CCC(=O)N(c1ccccc1)[C@H]1CCN(CCn2nnn(CC)c2=O)C[C@H]1OC. The molecule has 2 atom stereocenters. The lowest BCUT2D eigenvalue weighted by molar-refractivity contribution is -0.120. The van der Waals surface area contributed by atoms with Crippen LogP contribution in [0.5, 0.6) is 0 Å². The maximum Gasteiger partial charge on any atom is 0.363 e. The molecule has 1 saturated heterocycles. The van der Waals surface area contributed by atoms with E-state index in [9.17, 15) is 9.59 Å². The molecule has 1 aromatic carbocycles. The number of carbonyl (C=O) groups excluding carboxylic acids is 1. The maximum absolute atomic E-state index is 12.7. The molecular weight excluding hydrogens is 372 g/mol. The lowest BCUT2D eigenvalue weighted by atomic mass is 9.98. The minimum absolute atomic E-state index is 0.0187. The molecule has 2 heterocycles. The van der Waals surface area contributed by atoms with E-state index in [-0.39, 0.29) is 23.7 Å². The van der Waals surface area contributed by atoms with Crippen molar-refractivity contribution in [2.45, 2.75) is 51.9 Å². The molecule has 9 nitrogen and oxygen atoms in total. The molecule has 1 aromatic heterocycles. The molecule has 3 rings (SSSR count). The lowest BCUT2D eigenvalue weighted by Crippen LogP contribution is -2.57. The first-order valence-electron chi connectivity index (χ1n) is 10.2. The number of hydrogen-bond donors (Lipinski definition) is 0. The van der Waals surface area contributed by atoms with Crippen molar-refractivity contribution in [2.75, 3.05) is 31.6 Å². The fourth-order valence-electron chi connectivity index (χ4n) is 3.86. The highest BCUT2D eigenvalue weighted by Crippen LogP contribution is 2.26. The van der Waals surface area contributed by atoms with Gasteiger partial charge in [-0.3, -0.25) is 9.69 Å². The van der Waals surface area contributed by atoms with Gasteiger partial charge in [-0.05, 0) is 35.9 Å². The number of nitrogens with zero attached hydrogens (tertiary/aromatic N) is 6. The monoisotopic (exact) mass is 402 g/mol. The van der Waals surface area contributed by atoms with Crippen LogP contribution in [0, 0.1) is 0 Å². The summed E-state index contributed by atoms with van der Waals surface area (Å²) < 4.78 is 8.53. The number of methoxy groups -OCH3 is 1. The van der Waals surface area contributed by atoms with Crippen molar-refractivity contribution in [3.05, 3.63) is 40.8 Å². The van der Waals surface area contributed by atoms with E-state index in [1.54, 1.807) is 7.11 Å². The number of likely N-dealkylation sites (tertiary alicyclic amines) is 1. The van der Waals surface area contributed by atoms with E-state index in [4.69, 9.17) is 4.74 Å². The normalized spacial score (nSPS) is 20.0. The van der Waals surface area contributed by atoms with Gasteiger partial charge in [0.1, 0.15) is 0 Å². The highest BCUT2D eigenvalue weighted by molar-refractivity contribution is 5.93. The Balaban J connectivity index is 1.68. The molecule has 0 unspecified atom stereocenters. The molecule has 0 radical (unpaired) electrons. The predicted molar refractivity (Wildman–Crippen MR) is 110 cm³/mol. The molecule has 29 heavy (non-hydrogen) atoms. The second-order valence-electron chi connectivity index (χ2n) is 7.18. The topological polar surface area (TPSA) is 85.5 Å². The first-order chi connectivity index (χ1) is 14.1. The van der Waals surface area contributed by atoms with Crippen LogP contribution in [0.1, 0.15) is 26.7 Å². The maximum atomic E-state index is 12.7. The molecule has 1 aliphatic rings. The zero-order valence-corrected chi connectivity index (χ0v) is 17.4. The average Bonchev–Trinajstić information content (AvgIpc) is 3.13. The Labute approximate surface area is 170 Å². The first kappa shape index (κ1) is 21.2. The first-order valence-corrected chi connectivity index (χ1v) is 10.2. The van der Waals surface area contributed by atoms with Gasteiger partial charge in [0.25, 0.3) is 0 Å². The number of aromatic nitrogens is 4. The van der Waals surface area contributed by atoms with E-state index < -0.39 is 0 Å². The van der Waals surface area contributed by atoms with Crippen molar-refractivity contribution in [1.29, 1.82) is 0 Å². The largest absolute Gasteiger partial charge is 0.378 e. The quantitative estimate of drug-likeness (QED) is 0.655. The third kappa shape index (κ3) is 4.73. The number of tetrazole rings is 1. The number of para-hydroxylation sites is 1. The van der Waals surface area contributed by atoms with Crippen LogP contribution in [0.25, 0.3) is 0 Å². The third-order valence-corrected chi connectivity index (χ3v) is 5.47. The number of piperidine rings is 1. The van der Waals surface area contributed by atoms with Crippen molar-refractivity contribution in [3.63, 3.8) is 0 Å². The van der Waals surface area contributed by atoms with Crippen LogP contribution in [-0.2, 0) is 22.6 Å². The molecule has 1 fully saturated rings. The molecule has 2 aromatic rings. The summed E-state index contributed by atoms with van der Waals surface area (Å²) in [5.41, 5.74) is 0.719. The number of ether oxygens (including phenoxy) is 1. The Morgan fingerprint density at radius 1 is 1.17 bits per heavy atom. The minimum atomic E-state index is -0.186. The Kier molecular flexibility index (Phi) is 7.16. The van der Waals surface area contributed by atoms with Crippen LogP contribution in [0.2, 0.25) is 0 Å². The molecule has 0 aliphatic carbocycles. The van der Waals surface area contributed by atoms with Gasteiger partial charge in [0.05, 0.1) is 18.7 Å². The van der Waals surface area contributed by atoms with Crippen LogP contribution in [-0.4, -0.2) is 69.5 Å². The highest BCUT2D eigenvalue weighted by Gasteiger charge is 2.36. The summed E-state index contributed by atoms with van der Waals surface area (Å²) in [5.74, 6) is 0.0967. The summed E-state index contributed by atoms with van der Waals surface area (Å²) in [6, 6.07) is 9.76. The number of rotatable bonds is 8. The van der Waals surface area contributed by atoms with Crippen molar-refractivity contribution < 1.29 is 9.53 Å². The molecule has 1 amide bonds. The van der Waals surface area contributed by atoms with Gasteiger partial charge in [-0.15, -0.1) is 0 Å². The van der Waals surface area contributed by atoms with Crippen LogP contribution in [0.15, 0.2) is 35.1 Å².